The Morgan fingerprint density at radius 3 is 3.00 bits per heavy atom. The Hall–Kier alpha value is -1.15. The summed E-state index contributed by atoms with van der Waals surface area (Å²) in [6.45, 7) is 0.474. The number of sulfone groups is 1. The lowest BCUT2D eigenvalue weighted by Crippen LogP contribution is -2.16. The number of carboxylic acids is 1. The zero-order valence-corrected chi connectivity index (χ0v) is 10.6. The number of nitrogens with one attached hydrogen (secondary N) is 1. The maximum atomic E-state index is 11.2. The average Bonchev–Trinajstić information content (AvgIpc) is 2.81. The minimum atomic E-state index is -2.88. The standard InChI is InChI=1S/C9H12N2O4S2/c12-9(13)7-8(16-5-11-7)10-3-6-1-2-17(14,15)4-6/h5-6,10H,1-4H2,(H,12,13). The highest BCUT2D eigenvalue weighted by molar-refractivity contribution is 7.91. The van der Waals surface area contributed by atoms with E-state index >= 15 is 0 Å². The van der Waals surface area contributed by atoms with E-state index in [4.69, 9.17) is 5.11 Å². The van der Waals surface area contributed by atoms with Crippen molar-refractivity contribution in [1.29, 1.82) is 0 Å². The van der Waals surface area contributed by atoms with E-state index in [0.717, 1.165) is 0 Å². The van der Waals surface area contributed by atoms with Crippen LogP contribution in [0.2, 0.25) is 0 Å². The molecule has 8 heteroatoms. The lowest BCUT2D eigenvalue weighted by atomic mass is 10.1. The highest BCUT2D eigenvalue weighted by atomic mass is 32.2. The number of hydrogen-bond acceptors (Lipinski definition) is 6. The molecule has 1 atom stereocenters. The number of hydrogen-bond donors (Lipinski definition) is 2. The first-order valence-electron chi connectivity index (χ1n) is 5.09. The first kappa shape index (κ1) is 12.3. The minimum absolute atomic E-state index is 0.00384. The van der Waals surface area contributed by atoms with Crippen LogP contribution in [0.25, 0.3) is 0 Å². The smallest absolute Gasteiger partial charge is 0.357 e. The van der Waals surface area contributed by atoms with E-state index in [1.165, 1.54) is 16.8 Å². The number of aromatic carboxylic acids is 1. The third-order valence-electron chi connectivity index (χ3n) is 2.65. The zero-order chi connectivity index (χ0) is 12.5. The summed E-state index contributed by atoms with van der Waals surface area (Å²) in [4.78, 5) is 14.5. The van der Waals surface area contributed by atoms with Crippen molar-refractivity contribution in [2.45, 2.75) is 6.42 Å². The van der Waals surface area contributed by atoms with Gasteiger partial charge in [-0.25, -0.2) is 18.2 Å². The van der Waals surface area contributed by atoms with Gasteiger partial charge < -0.3 is 10.4 Å². The number of aromatic nitrogens is 1. The van der Waals surface area contributed by atoms with Crippen LogP contribution in [0.3, 0.4) is 0 Å². The van der Waals surface area contributed by atoms with Gasteiger partial charge in [0.2, 0.25) is 0 Å². The molecule has 1 aliphatic rings. The molecule has 2 heterocycles. The third kappa shape index (κ3) is 2.95. The quantitative estimate of drug-likeness (QED) is 0.839. The second-order valence-corrected chi connectivity index (χ2v) is 7.07. The van der Waals surface area contributed by atoms with Crippen LogP contribution in [0.5, 0.6) is 0 Å². The monoisotopic (exact) mass is 276 g/mol. The second kappa shape index (κ2) is 4.61. The summed E-state index contributed by atoms with van der Waals surface area (Å²) in [6, 6.07) is 0. The van der Waals surface area contributed by atoms with Gasteiger partial charge in [0.25, 0.3) is 0 Å². The summed E-state index contributed by atoms with van der Waals surface area (Å²) in [5.41, 5.74) is 1.45. The molecule has 94 valence electrons. The van der Waals surface area contributed by atoms with Crippen LogP contribution < -0.4 is 5.32 Å². The molecule has 0 bridgehead atoms. The Morgan fingerprint density at radius 2 is 2.41 bits per heavy atom. The molecule has 0 aromatic carbocycles. The Bertz CT molecular complexity index is 523. The van der Waals surface area contributed by atoms with Gasteiger partial charge in [-0.05, 0) is 12.3 Å². The van der Waals surface area contributed by atoms with Crippen molar-refractivity contribution in [2.24, 2.45) is 5.92 Å². The Labute approximate surface area is 103 Å². The molecule has 0 saturated carbocycles. The molecule has 1 unspecified atom stereocenters. The fourth-order valence-electron chi connectivity index (χ4n) is 1.79. The van der Waals surface area contributed by atoms with Crippen LogP contribution in [-0.2, 0) is 9.84 Å². The first-order chi connectivity index (χ1) is 7.98. The van der Waals surface area contributed by atoms with Crippen LogP contribution in [0.1, 0.15) is 16.9 Å². The van der Waals surface area contributed by atoms with Crippen molar-refractivity contribution >= 4 is 32.1 Å². The molecule has 1 aliphatic heterocycles. The average molecular weight is 276 g/mol. The van der Waals surface area contributed by atoms with Gasteiger partial charge in [0.15, 0.2) is 15.5 Å². The van der Waals surface area contributed by atoms with E-state index in [2.05, 4.69) is 10.3 Å². The van der Waals surface area contributed by atoms with E-state index in [9.17, 15) is 13.2 Å². The largest absolute Gasteiger partial charge is 0.476 e. The predicted octanol–water partition coefficient (Wildman–Crippen LogP) is 0.688. The maximum absolute atomic E-state index is 11.2. The van der Waals surface area contributed by atoms with Gasteiger partial charge in [-0.1, -0.05) is 0 Å². The van der Waals surface area contributed by atoms with Crippen LogP contribution in [0.15, 0.2) is 5.51 Å². The molecule has 6 nitrogen and oxygen atoms in total. The number of carboxylic acid groups (broad SMARTS) is 1. The molecule has 0 aliphatic carbocycles. The summed E-state index contributed by atoms with van der Waals surface area (Å²) in [5, 5.41) is 12.3. The Balaban J connectivity index is 1.95. The van der Waals surface area contributed by atoms with Gasteiger partial charge in [0, 0.05) is 6.54 Å². The number of rotatable bonds is 4. The highest BCUT2D eigenvalue weighted by Gasteiger charge is 2.28. The summed E-state index contributed by atoms with van der Waals surface area (Å²) >= 11 is 1.21. The lowest BCUT2D eigenvalue weighted by molar-refractivity contribution is 0.0692. The molecule has 1 saturated heterocycles. The first-order valence-corrected chi connectivity index (χ1v) is 7.79. The normalized spacial score (nSPS) is 22.5. The van der Waals surface area contributed by atoms with Crippen LogP contribution in [0, 0.1) is 5.92 Å². The molecule has 0 radical (unpaired) electrons. The summed E-state index contributed by atoms with van der Waals surface area (Å²) in [7, 11) is -2.88. The molecule has 1 aromatic heterocycles. The van der Waals surface area contributed by atoms with E-state index in [1.807, 2.05) is 0 Å². The number of thiazole rings is 1. The van der Waals surface area contributed by atoms with Crippen molar-refractivity contribution in [3.05, 3.63) is 11.2 Å². The summed E-state index contributed by atoms with van der Waals surface area (Å²) < 4.78 is 22.5. The van der Waals surface area contributed by atoms with Gasteiger partial charge in [-0.2, -0.15) is 0 Å². The summed E-state index contributed by atoms with van der Waals surface area (Å²) in [5.74, 6) is -0.605. The number of nitrogens with zero attached hydrogens (tertiary/aromatic N) is 1. The molecule has 2 rings (SSSR count). The van der Waals surface area contributed by atoms with E-state index < -0.39 is 15.8 Å². The lowest BCUT2D eigenvalue weighted by Gasteiger charge is -2.09. The van der Waals surface area contributed by atoms with Crippen molar-refractivity contribution in [2.75, 3.05) is 23.4 Å². The molecule has 2 N–H and O–H groups in total. The topological polar surface area (TPSA) is 96.4 Å². The van der Waals surface area contributed by atoms with Gasteiger partial charge in [0.05, 0.1) is 17.0 Å². The van der Waals surface area contributed by atoms with Crippen LogP contribution in [-0.4, -0.2) is 42.5 Å². The fourth-order valence-corrected chi connectivity index (χ4v) is 4.34. The third-order valence-corrected chi connectivity index (χ3v) is 5.27. The van der Waals surface area contributed by atoms with Crippen LogP contribution in [0.4, 0.5) is 5.00 Å². The van der Waals surface area contributed by atoms with Gasteiger partial charge in [-0.15, -0.1) is 11.3 Å². The number of carbonyl (C=O) groups is 1. The van der Waals surface area contributed by atoms with Gasteiger partial charge in [0.1, 0.15) is 5.00 Å². The molecule has 1 fully saturated rings. The molecular weight excluding hydrogens is 264 g/mol. The SMILES string of the molecule is O=C(O)c1ncsc1NCC1CCS(=O)(=O)C1. The van der Waals surface area contributed by atoms with Gasteiger partial charge in [-0.3, -0.25) is 0 Å². The number of anilines is 1. The van der Waals surface area contributed by atoms with E-state index in [1.54, 1.807) is 0 Å². The maximum Gasteiger partial charge on any atom is 0.357 e. The van der Waals surface area contributed by atoms with Crippen molar-refractivity contribution in [1.82, 2.24) is 4.98 Å². The molecule has 1 aromatic rings. The molecule has 17 heavy (non-hydrogen) atoms. The molecular formula is C9H12N2O4S2. The Morgan fingerprint density at radius 1 is 1.65 bits per heavy atom. The predicted molar refractivity (Wildman–Crippen MR) is 64.3 cm³/mol. The van der Waals surface area contributed by atoms with Crippen molar-refractivity contribution < 1.29 is 18.3 Å². The highest BCUT2D eigenvalue weighted by Crippen LogP contribution is 2.23. The second-order valence-electron chi connectivity index (χ2n) is 3.99. The van der Waals surface area contributed by atoms with Gasteiger partial charge >= 0.3 is 5.97 Å². The zero-order valence-electron chi connectivity index (χ0n) is 8.92. The van der Waals surface area contributed by atoms with E-state index in [0.29, 0.717) is 18.0 Å². The van der Waals surface area contributed by atoms with Crippen LogP contribution >= 0.6 is 11.3 Å². The van der Waals surface area contributed by atoms with E-state index in [-0.39, 0.29) is 23.1 Å². The fraction of sp³-hybridized carbons (Fsp3) is 0.556. The molecule has 0 spiro atoms. The summed E-state index contributed by atoms with van der Waals surface area (Å²) in [6.07, 6.45) is 0.635. The molecule has 0 amide bonds. The van der Waals surface area contributed by atoms with Crippen molar-refractivity contribution in [3.8, 4) is 0 Å². The Kier molecular flexibility index (Phi) is 3.34. The van der Waals surface area contributed by atoms with Crippen molar-refractivity contribution in [3.63, 3.8) is 0 Å². The minimum Gasteiger partial charge on any atom is -0.476 e.